The van der Waals surface area contributed by atoms with Gasteiger partial charge in [0.25, 0.3) is 5.91 Å². The number of hydrogen-bond acceptors (Lipinski definition) is 4. The summed E-state index contributed by atoms with van der Waals surface area (Å²) in [4.78, 5) is 22.4. The van der Waals surface area contributed by atoms with Gasteiger partial charge in [-0.25, -0.2) is 0 Å². The van der Waals surface area contributed by atoms with E-state index < -0.39 is 5.91 Å². The number of aldehydes is 1. The highest BCUT2D eigenvalue weighted by atomic mass is 16.3. The first-order valence-corrected chi connectivity index (χ1v) is 5.49. The van der Waals surface area contributed by atoms with E-state index in [1.54, 1.807) is 24.3 Å². The predicted molar refractivity (Wildman–Crippen MR) is 69.6 cm³/mol. The molecule has 0 fully saturated rings. The lowest BCUT2D eigenvalue weighted by molar-refractivity contribution is 0.102. The van der Waals surface area contributed by atoms with Crippen molar-refractivity contribution in [3.05, 3.63) is 53.6 Å². The van der Waals surface area contributed by atoms with Crippen LogP contribution in [0.2, 0.25) is 0 Å². The average Bonchev–Trinajstić information content (AvgIpc) is 2.39. The molecule has 96 valence electrons. The SMILES string of the molecule is O=Cc1ccc(NC(=O)c2c(O)cccc2O)cc1. The van der Waals surface area contributed by atoms with E-state index in [0.29, 0.717) is 17.5 Å². The fourth-order valence-corrected chi connectivity index (χ4v) is 1.60. The van der Waals surface area contributed by atoms with Gasteiger partial charge in [0.2, 0.25) is 0 Å². The molecule has 0 saturated carbocycles. The molecule has 0 aliphatic rings. The van der Waals surface area contributed by atoms with Crippen LogP contribution in [0, 0.1) is 0 Å². The molecule has 2 aromatic carbocycles. The lowest BCUT2D eigenvalue weighted by atomic mass is 10.1. The molecule has 0 heterocycles. The smallest absolute Gasteiger partial charge is 0.263 e. The molecule has 2 aromatic rings. The third-order valence-electron chi connectivity index (χ3n) is 2.55. The van der Waals surface area contributed by atoms with Crippen LogP contribution in [0.25, 0.3) is 0 Å². The number of anilines is 1. The summed E-state index contributed by atoms with van der Waals surface area (Å²) in [6.45, 7) is 0. The van der Waals surface area contributed by atoms with Crippen LogP contribution in [0.4, 0.5) is 5.69 Å². The summed E-state index contributed by atoms with van der Waals surface area (Å²) < 4.78 is 0. The zero-order valence-electron chi connectivity index (χ0n) is 9.83. The number of phenols is 2. The van der Waals surface area contributed by atoms with Gasteiger partial charge in [-0.1, -0.05) is 6.07 Å². The third-order valence-corrected chi connectivity index (χ3v) is 2.55. The van der Waals surface area contributed by atoms with Crippen LogP contribution < -0.4 is 5.32 Å². The summed E-state index contributed by atoms with van der Waals surface area (Å²) in [5.41, 5.74) is 0.753. The Hall–Kier alpha value is -2.82. The van der Waals surface area contributed by atoms with Crippen LogP contribution in [-0.2, 0) is 0 Å². The fraction of sp³-hybridized carbons (Fsp3) is 0. The third kappa shape index (κ3) is 2.71. The molecule has 0 bridgehead atoms. The van der Waals surface area contributed by atoms with Gasteiger partial charge in [0, 0.05) is 11.3 Å². The highest BCUT2D eigenvalue weighted by molar-refractivity contribution is 6.08. The molecule has 5 heteroatoms. The zero-order valence-corrected chi connectivity index (χ0v) is 9.83. The molecule has 0 spiro atoms. The first-order valence-electron chi connectivity index (χ1n) is 5.49. The van der Waals surface area contributed by atoms with Crippen LogP contribution in [0.5, 0.6) is 11.5 Å². The first-order chi connectivity index (χ1) is 9.11. The van der Waals surface area contributed by atoms with Crippen LogP contribution in [0.15, 0.2) is 42.5 Å². The van der Waals surface area contributed by atoms with Crippen LogP contribution >= 0.6 is 0 Å². The van der Waals surface area contributed by atoms with E-state index in [2.05, 4.69) is 5.32 Å². The molecule has 19 heavy (non-hydrogen) atoms. The molecule has 0 radical (unpaired) electrons. The van der Waals surface area contributed by atoms with Crippen molar-refractivity contribution in [3.8, 4) is 11.5 Å². The Morgan fingerprint density at radius 2 is 1.58 bits per heavy atom. The summed E-state index contributed by atoms with van der Waals surface area (Å²) in [6, 6.07) is 10.3. The maximum absolute atomic E-state index is 11.9. The van der Waals surface area contributed by atoms with E-state index in [1.807, 2.05) is 0 Å². The summed E-state index contributed by atoms with van der Waals surface area (Å²) in [5.74, 6) is -1.24. The normalized spacial score (nSPS) is 9.89. The largest absolute Gasteiger partial charge is 0.507 e. The Balaban J connectivity index is 2.23. The van der Waals surface area contributed by atoms with Gasteiger partial charge in [-0.15, -0.1) is 0 Å². The lowest BCUT2D eigenvalue weighted by Gasteiger charge is -2.08. The minimum atomic E-state index is -0.630. The average molecular weight is 257 g/mol. The molecule has 2 rings (SSSR count). The van der Waals surface area contributed by atoms with E-state index >= 15 is 0 Å². The second kappa shape index (κ2) is 5.22. The van der Waals surface area contributed by atoms with Crippen LogP contribution in [-0.4, -0.2) is 22.4 Å². The highest BCUT2D eigenvalue weighted by Gasteiger charge is 2.15. The second-order valence-corrected chi connectivity index (χ2v) is 3.87. The number of carbonyl (C=O) groups excluding carboxylic acids is 2. The molecular weight excluding hydrogens is 246 g/mol. The van der Waals surface area contributed by atoms with Crippen molar-refractivity contribution >= 4 is 17.9 Å². The Bertz CT molecular complexity index is 600. The van der Waals surface area contributed by atoms with E-state index in [9.17, 15) is 19.8 Å². The first kappa shape index (κ1) is 12.6. The molecule has 0 aliphatic carbocycles. The molecule has 1 amide bonds. The molecule has 0 unspecified atom stereocenters. The summed E-state index contributed by atoms with van der Waals surface area (Å²) in [5, 5.41) is 21.6. The van der Waals surface area contributed by atoms with Gasteiger partial charge in [0.15, 0.2) is 0 Å². The number of carbonyl (C=O) groups is 2. The molecule has 0 aromatic heterocycles. The predicted octanol–water partition coefficient (Wildman–Crippen LogP) is 2.16. The Kier molecular flexibility index (Phi) is 3.47. The number of phenolic OH excluding ortho intramolecular Hbond substituents is 2. The second-order valence-electron chi connectivity index (χ2n) is 3.87. The van der Waals surface area contributed by atoms with Gasteiger partial charge in [-0.3, -0.25) is 9.59 Å². The maximum Gasteiger partial charge on any atom is 0.263 e. The van der Waals surface area contributed by atoms with E-state index in [4.69, 9.17) is 0 Å². The van der Waals surface area contributed by atoms with Crippen molar-refractivity contribution < 1.29 is 19.8 Å². The summed E-state index contributed by atoms with van der Waals surface area (Å²) in [7, 11) is 0. The summed E-state index contributed by atoms with van der Waals surface area (Å²) >= 11 is 0. The Labute approximate surface area is 109 Å². The van der Waals surface area contributed by atoms with Crippen molar-refractivity contribution in [1.82, 2.24) is 0 Å². The fourth-order valence-electron chi connectivity index (χ4n) is 1.60. The van der Waals surface area contributed by atoms with E-state index in [0.717, 1.165) is 0 Å². The molecule has 3 N–H and O–H groups in total. The van der Waals surface area contributed by atoms with Crippen molar-refractivity contribution in [2.45, 2.75) is 0 Å². The Morgan fingerprint density at radius 1 is 1.00 bits per heavy atom. The van der Waals surface area contributed by atoms with Gasteiger partial charge in [-0.2, -0.15) is 0 Å². The van der Waals surface area contributed by atoms with Gasteiger partial charge in [-0.05, 0) is 36.4 Å². The molecule has 0 atom stereocenters. The van der Waals surface area contributed by atoms with E-state index in [1.165, 1.54) is 18.2 Å². The number of benzene rings is 2. The maximum atomic E-state index is 11.9. The number of rotatable bonds is 3. The monoisotopic (exact) mass is 257 g/mol. The summed E-state index contributed by atoms with van der Waals surface area (Å²) in [6.07, 6.45) is 0.695. The zero-order chi connectivity index (χ0) is 13.8. The van der Waals surface area contributed by atoms with Crippen molar-refractivity contribution in [2.75, 3.05) is 5.32 Å². The van der Waals surface area contributed by atoms with Crippen molar-refractivity contribution in [3.63, 3.8) is 0 Å². The molecule has 0 aliphatic heterocycles. The van der Waals surface area contributed by atoms with Gasteiger partial charge < -0.3 is 15.5 Å². The van der Waals surface area contributed by atoms with Crippen LogP contribution in [0.1, 0.15) is 20.7 Å². The van der Waals surface area contributed by atoms with Gasteiger partial charge in [0.05, 0.1) is 0 Å². The lowest BCUT2D eigenvalue weighted by Crippen LogP contribution is -2.12. The standard InChI is InChI=1S/C14H11NO4/c16-8-9-4-6-10(7-5-9)15-14(19)13-11(17)2-1-3-12(13)18/h1-8,17-18H,(H,15,19). The molecule has 5 nitrogen and oxygen atoms in total. The highest BCUT2D eigenvalue weighted by Crippen LogP contribution is 2.27. The molecular formula is C14H11NO4. The Morgan fingerprint density at radius 3 is 2.11 bits per heavy atom. The molecule has 0 saturated heterocycles. The minimum absolute atomic E-state index is 0.193. The topological polar surface area (TPSA) is 86.6 Å². The van der Waals surface area contributed by atoms with Gasteiger partial charge in [0.1, 0.15) is 23.3 Å². The number of hydrogen-bond donors (Lipinski definition) is 3. The quantitative estimate of drug-likeness (QED) is 0.735. The van der Waals surface area contributed by atoms with E-state index in [-0.39, 0.29) is 17.1 Å². The number of nitrogens with one attached hydrogen (secondary N) is 1. The van der Waals surface area contributed by atoms with Crippen molar-refractivity contribution in [1.29, 1.82) is 0 Å². The van der Waals surface area contributed by atoms with Crippen LogP contribution in [0.3, 0.4) is 0 Å². The number of amides is 1. The minimum Gasteiger partial charge on any atom is -0.507 e. The van der Waals surface area contributed by atoms with Gasteiger partial charge >= 0.3 is 0 Å². The number of aromatic hydroxyl groups is 2. The van der Waals surface area contributed by atoms with Crippen molar-refractivity contribution in [2.24, 2.45) is 0 Å².